The van der Waals surface area contributed by atoms with Gasteiger partial charge in [0.05, 0.1) is 12.6 Å². The van der Waals surface area contributed by atoms with Gasteiger partial charge in [0.2, 0.25) is 0 Å². The molecule has 1 aromatic carbocycles. The van der Waals surface area contributed by atoms with Gasteiger partial charge in [-0.2, -0.15) is 0 Å². The highest BCUT2D eigenvalue weighted by Gasteiger charge is 2.52. The normalized spacial score (nSPS) is 29.5. The minimum atomic E-state index is -0.998. The molecule has 0 bridgehead atoms. The van der Waals surface area contributed by atoms with E-state index in [-0.39, 0.29) is 18.2 Å². The third-order valence-electron chi connectivity index (χ3n) is 4.11. The van der Waals surface area contributed by atoms with E-state index in [4.69, 9.17) is 4.74 Å². The molecule has 1 fully saturated rings. The van der Waals surface area contributed by atoms with E-state index in [1.807, 2.05) is 44.2 Å². The fraction of sp³-hybridized carbons (Fsp3) is 0.562. The molecule has 0 radical (unpaired) electrons. The van der Waals surface area contributed by atoms with E-state index in [9.17, 15) is 9.90 Å². The lowest BCUT2D eigenvalue weighted by Gasteiger charge is -2.33. The van der Waals surface area contributed by atoms with Gasteiger partial charge in [-0.1, -0.05) is 37.3 Å². The van der Waals surface area contributed by atoms with Crippen molar-refractivity contribution in [3.05, 3.63) is 35.9 Å². The van der Waals surface area contributed by atoms with Gasteiger partial charge < -0.3 is 9.84 Å². The number of nitrogens with zero attached hydrogens (tertiary/aromatic N) is 1. The third kappa shape index (κ3) is 2.40. The van der Waals surface area contributed by atoms with Gasteiger partial charge in [0.15, 0.2) is 0 Å². The second-order valence-corrected chi connectivity index (χ2v) is 5.37. The maximum Gasteiger partial charge on any atom is 0.410 e. The van der Waals surface area contributed by atoms with E-state index in [1.165, 1.54) is 0 Å². The average molecular weight is 277 g/mol. The van der Waals surface area contributed by atoms with Gasteiger partial charge in [-0.05, 0) is 25.8 Å². The van der Waals surface area contributed by atoms with Gasteiger partial charge in [-0.15, -0.1) is 0 Å². The van der Waals surface area contributed by atoms with Crippen molar-refractivity contribution >= 4 is 6.09 Å². The zero-order chi connectivity index (χ0) is 14.8. The Balaban J connectivity index is 2.35. The molecule has 0 aromatic heterocycles. The molecule has 1 amide bonds. The lowest BCUT2D eigenvalue weighted by atomic mass is 9.84. The summed E-state index contributed by atoms with van der Waals surface area (Å²) in [6.07, 6.45) is 0.891. The van der Waals surface area contributed by atoms with Crippen molar-refractivity contribution in [2.75, 3.05) is 6.61 Å². The van der Waals surface area contributed by atoms with Crippen LogP contribution in [0.5, 0.6) is 0 Å². The van der Waals surface area contributed by atoms with E-state index >= 15 is 0 Å². The van der Waals surface area contributed by atoms with E-state index in [2.05, 4.69) is 0 Å². The molecular weight excluding hydrogens is 254 g/mol. The molecule has 0 saturated carbocycles. The van der Waals surface area contributed by atoms with Crippen molar-refractivity contribution in [3.8, 4) is 0 Å². The Morgan fingerprint density at radius 3 is 2.60 bits per heavy atom. The Morgan fingerprint density at radius 1 is 1.40 bits per heavy atom. The summed E-state index contributed by atoms with van der Waals surface area (Å²) in [6, 6.07) is 9.31. The Morgan fingerprint density at radius 2 is 2.05 bits per heavy atom. The monoisotopic (exact) mass is 277 g/mol. The summed E-state index contributed by atoms with van der Waals surface area (Å²) >= 11 is 0. The summed E-state index contributed by atoms with van der Waals surface area (Å²) in [7, 11) is 0. The summed E-state index contributed by atoms with van der Waals surface area (Å²) in [4.78, 5) is 13.8. The van der Waals surface area contributed by atoms with Crippen molar-refractivity contribution in [1.29, 1.82) is 0 Å². The summed E-state index contributed by atoms with van der Waals surface area (Å²) in [5.74, 6) is 0. The fourth-order valence-corrected chi connectivity index (χ4v) is 3.30. The first-order valence-electron chi connectivity index (χ1n) is 7.27. The molecule has 1 N–H and O–H groups in total. The molecule has 1 aliphatic rings. The van der Waals surface area contributed by atoms with E-state index < -0.39 is 5.60 Å². The van der Waals surface area contributed by atoms with Crippen LogP contribution in [0.4, 0.5) is 4.79 Å². The van der Waals surface area contributed by atoms with Gasteiger partial charge >= 0.3 is 6.09 Å². The number of carbonyl (C=O) groups excluding carboxylic acids is 1. The van der Waals surface area contributed by atoms with Crippen LogP contribution in [0.3, 0.4) is 0 Å². The Labute approximate surface area is 120 Å². The molecule has 1 aliphatic heterocycles. The Hall–Kier alpha value is -1.55. The van der Waals surface area contributed by atoms with Crippen LogP contribution in [0.25, 0.3) is 0 Å². The number of rotatable bonds is 3. The predicted octanol–water partition coefficient (Wildman–Crippen LogP) is 2.90. The minimum Gasteiger partial charge on any atom is -0.450 e. The number of aliphatic hydroxyl groups is 1. The summed E-state index contributed by atoms with van der Waals surface area (Å²) in [6.45, 7) is 6.09. The van der Waals surface area contributed by atoms with Gasteiger partial charge in [0.25, 0.3) is 0 Å². The molecule has 110 valence electrons. The summed E-state index contributed by atoms with van der Waals surface area (Å²) in [5, 5.41) is 11.1. The van der Waals surface area contributed by atoms with Gasteiger partial charge in [0, 0.05) is 12.5 Å². The van der Waals surface area contributed by atoms with Gasteiger partial charge in [0.1, 0.15) is 5.60 Å². The maximum atomic E-state index is 12.1. The Bertz CT molecular complexity index is 462. The average Bonchev–Trinajstić information content (AvgIpc) is 2.71. The van der Waals surface area contributed by atoms with E-state index in [1.54, 1.807) is 11.8 Å². The first-order chi connectivity index (χ1) is 9.54. The summed E-state index contributed by atoms with van der Waals surface area (Å²) < 4.78 is 5.13. The number of hydrogen-bond donors (Lipinski definition) is 1. The molecule has 3 atom stereocenters. The molecule has 0 spiro atoms. The number of hydrogen-bond acceptors (Lipinski definition) is 3. The van der Waals surface area contributed by atoms with Crippen LogP contribution < -0.4 is 0 Å². The smallest absolute Gasteiger partial charge is 0.410 e. The highest BCUT2D eigenvalue weighted by Crippen LogP contribution is 2.42. The van der Waals surface area contributed by atoms with Crippen LogP contribution in [-0.4, -0.2) is 34.8 Å². The molecule has 1 aromatic rings. The van der Waals surface area contributed by atoms with Crippen LogP contribution in [0, 0.1) is 0 Å². The van der Waals surface area contributed by atoms with Crippen molar-refractivity contribution in [3.63, 3.8) is 0 Å². The van der Waals surface area contributed by atoms with Gasteiger partial charge in [-0.3, -0.25) is 4.90 Å². The molecular formula is C16H23NO3. The zero-order valence-electron chi connectivity index (χ0n) is 12.4. The molecule has 1 saturated heterocycles. The minimum absolute atomic E-state index is 0.0378. The second-order valence-electron chi connectivity index (χ2n) is 5.37. The van der Waals surface area contributed by atoms with E-state index in [0.29, 0.717) is 19.4 Å². The topological polar surface area (TPSA) is 49.8 Å². The number of likely N-dealkylation sites (tertiary alicyclic amines) is 1. The van der Waals surface area contributed by atoms with Crippen LogP contribution in [0.2, 0.25) is 0 Å². The molecule has 20 heavy (non-hydrogen) atoms. The highest BCUT2D eigenvalue weighted by molar-refractivity contribution is 5.69. The lowest BCUT2D eigenvalue weighted by molar-refractivity contribution is -0.00396. The standard InChI is InChI=1S/C16H23NO3/c1-4-14-16(19,13-9-7-6-8-10-13)11-12(3)17(14)15(18)20-5-2/h6-10,12,14,19H,4-5,11H2,1-3H3. The largest absolute Gasteiger partial charge is 0.450 e. The Kier molecular flexibility index (Phi) is 4.33. The number of benzene rings is 1. The molecule has 0 aliphatic carbocycles. The maximum absolute atomic E-state index is 12.1. The van der Waals surface area contributed by atoms with Crippen molar-refractivity contribution in [1.82, 2.24) is 4.90 Å². The highest BCUT2D eigenvalue weighted by atomic mass is 16.6. The molecule has 3 unspecified atom stereocenters. The predicted molar refractivity (Wildman–Crippen MR) is 77.4 cm³/mol. The van der Waals surface area contributed by atoms with Crippen molar-refractivity contribution in [2.45, 2.75) is 51.3 Å². The summed E-state index contributed by atoms with van der Waals surface area (Å²) in [5.41, 5.74) is -0.132. The third-order valence-corrected chi connectivity index (χ3v) is 4.11. The zero-order valence-corrected chi connectivity index (χ0v) is 12.4. The number of ether oxygens (including phenoxy) is 1. The van der Waals surface area contributed by atoms with E-state index in [0.717, 1.165) is 5.56 Å². The van der Waals surface area contributed by atoms with Crippen molar-refractivity contribution in [2.24, 2.45) is 0 Å². The molecule has 4 nitrogen and oxygen atoms in total. The first kappa shape index (κ1) is 14.9. The van der Waals surface area contributed by atoms with Crippen LogP contribution in [0.1, 0.15) is 39.2 Å². The SMILES string of the molecule is CCOC(=O)N1C(C)CC(O)(c2ccccc2)C1CC. The number of amides is 1. The van der Waals surface area contributed by atoms with Gasteiger partial charge in [-0.25, -0.2) is 4.79 Å². The van der Waals surface area contributed by atoms with Crippen LogP contribution >= 0.6 is 0 Å². The van der Waals surface area contributed by atoms with Crippen molar-refractivity contribution < 1.29 is 14.6 Å². The fourth-order valence-electron chi connectivity index (χ4n) is 3.30. The van der Waals surface area contributed by atoms with Crippen LogP contribution in [0.15, 0.2) is 30.3 Å². The number of carbonyl (C=O) groups is 1. The molecule has 4 heteroatoms. The second kappa shape index (κ2) is 5.83. The lowest BCUT2D eigenvalue weighted by Crippen LogP contribution is -2.46. The molecule has 2 rings (SSSR count). The first-order valence-corrected chi connectivity index (χ1v) is 7.27. The quantitative estimate of drug-likeness (QED) is 0.924. The van der Waals surface area contributed by atoms with Crippen LogP contribution in [-0.2, 0) is 10.3 Å². The molecule has 1 heterocycles.